The van der Waals surface area contributed by atoms with Gasteiger partial charge < -0.3 is 10.2 Å². The lowest BCUT2D eigenvalue weighted by molar-refractivity contribution is 0.223. The Labute approximate surface area is 162 Å². The van der Waals surface area contributed by atoms with E-state index >= 15 is 0 Å². The first-order valence-corrected chi connectivity index (χ1v) is 11.2. The first kappa shape index (κ1) is 21.4. The van der Waals surface area contributed by atoms with Gasteiger partial charge in [-0.25, -0.2) is 0 Å². The fourth-order valence-electron chi connectivity index (χ4n) is 3.94. The van der Waals surface area contributed by atoms with Crippen LogP contribution in [0.5, 0.6) is 0 Å². The van der Waals surface area contributed by atoms with Crippen molar-refractivity contribution >= 4 is 0 Å². The number of hydrogen-bond acceptors (Lipinski definition) is 2. The molecule has 1 aliphatic rings. The minimum Gasteiger partial charge on any atom is -0.314 e. The third-order valence-corrected chi connectivity index (χ3v) is 5.93. The van der Waals surface area contributed by atoms with E-state index in [0.717, 1.165) is 5.92 Å². The zero-order valence-electron chi connectivity index (χ0n) is 17.4. The molecule has 1 N–H and O–H groups in total. The number of benzene rings is 1. The number of hydrogen-bond donors (Lipinski definition) is 1. The molecule has 1 saturated heterocycles. The van der Waals surface area contributed by atoms with Crippen molar-refractivity contribution in [1.82, 2.24) is 10.2 Å². The highest BCUT2D eigenvalue weighted by atomic mass is 15.2. The largest absolute Gasteiger partial charge is 0.314 e. The van der Waals surface area contributed by atoms with E-state index in [1.807, 2.05) is 0 Å². The average Bonchev–Trinajstić information content (AvgIpc) is 2.67. The number of nitrogens with zero attached hydrogens (tertiary/aromatic N) is 1. The van der Waals surface area contributed by atoms with Crippen molar-refractivity contribution in [2.75, 3.05) is 32.7 Å². The van der Waals surface area contributed by atoms with Crippen LogP contribution < -0.4 is 5.32 Å². The van der Waals surface area contributed by atoms with E-state index in [0.29, 0.717) is 0 Å². The number of unbranched alkanes of at least 4 members (excludes halogenated alkanes) is 6. The Morgan fingerprint density at radius 2 is 1.46 bits per heavy atom. The highest BCUT2D eigenvalue weighted by molar-refractivity contribution is 5.21. The Morgan fingerprint density at radius 1 is 0.846 bits per heavy atom. The molecule has 148 valence electrons. The summed E-state index contributed by atoms with van der Waals surface area (Å²) in [7, 11) is 0. The molecule has 1 unspecified atom stereocenters. The van der Waals surface area contributed by atoms with Crippen molar-refractivity contribution in [3.8, 4) is 0 Å². The van der Waals surface area contributed by atoms with Crippen LogP contribution >= 0.6 is 0 Å². The molecule has 2 rings (SSSR count). The van der Waals surface area contributed by atoms with Crippen LogP contribution in [0.2, 0.25) is 0 Å². The Balaban J connectivity index is 1.35. The molecule has 1 aromatic carbocycles. The number of aryl methyl sites for hydroxylation is 2. The van der Waals surface area contributed by atoms with Gasteiger partial charge in [0.2, 0.25) is 0 Å². The summed E-state index contributed by atoms with van der Waals surface area (Å²) in [6.07, 6.45) is 14.0. The predicted molar refractivity (Wildman–Crippen MR) is 115 cm³/mol. The molecule has 1 aliphatic heterocycles. The van der Waals surface area contributed by atoms with Gasteiger partial charge in [0.1, 0.15) is 0 Å². The van der Waals surface area contributed by atoms with E-state index in [2.05, 4.69) is 48.3 Å². The maximum atomic E-state index is 3.44. The smallest absolute Gasteiger partial charge is 0.0107 e. The van der Waals surface area contributed by atoms with Gasteiger partial charge in [0.05, 0.1) is 0 Å². The molecule has 2 heteroatoms. The maximum Gasteiger partial charge on any atom is 0.0107 e. The minimum absolute atomic E-state index is 0.902. The van der Waals surface area contributed by atoms with Crippen LogP contribution in [0.3, 0.4) is 0 Å². The Hall–Kier alpha value is -0.860. The first-order chi connectivity index (χ1) is 12.7. The summed E-state index contributed by atoms with van der Waals surface area (Å²) in [5.74, 6) is 0.902. The van der Waals surface area contributed by atoms with Crippen molar-refractivity contribution in [3.05, 3.63) is 35.4 Å². The number of rotatable bonds is 13. The predicted octanol–water partition coefficient (Wildman–Crippen LogP) is 5.59. The quantitative estimate of drug-likeness (QED) is 0.462. The zero-order valence-corrected chi connectivity index (χ0v) is 17.4. The second-order valence-electron chi connectivity index (χ2n) is 8.48. The van der Waals surface area contributed by atoms with Crippen LogP contribution in [-0.4, -0.2) is 37.6 Å². The van der Waals surface area contributed by atoms with Gasteiger partial charge in [-0.1, -0.05) is 81.7 Å². The molecular weight excluding hydrogens is 316 g/mol. The van der Waals surface area contributed by atoms with Crippen molar-refractivity contribution in [2.45, 2.75) is 78.1 Å². The van der Waals surface area contributed by atoms with Gasteiger partial charge in [0, 0.05) is 26.2 Å². The van der Waals surface area contributed by atoms with Gasteiger partial charge in [0.15, 0.2) is 0 Å². The van der Waals surface area contributed by atoms with E-state index in [4.69, 9.17) is 0 Å². The van der Waals surface area contributed by atoms with Gasteiger partial charge in [-0.3, -0.25) is 0 Å². The van der Waals surface area contributed by atoms with E-state index in [9.17, 15) is 0 Å². The van der Waals surface area contributed by atoms with E-state index in [1.165, 1.54) is 108 Å². The summed E-state index contributed by atoms with van der Waals surface area (Å²) in [4.78, 5) is 2.63. The van der Waals surface area contributed by atoms with Gasteiger partial charge in [0.25, 0.3) is 0 Å². The van der Waals surface area contributed by atoms with Gasteiger partial charge in [-0.2, -0.15) is 0 Å². The van der Waals surface area contributed by atoms with Crippen molar-refractivity contribution in [1.29, 1.82) is 0 Å². The maximum absolute atomic E-state index is 3.44. The summed E-state index contributed by atoms with van der Waals surface area (Å²) >= 11 is 0. The molecule has 0 bridgehead atoms. The van der Waals surface area contributed by atoms with Crippen LogP contribution in [0, 0.1) is 12.8 Å². The van der Waals surface area contributed by atoms with E-state index in [1.54, 1.807) is 0 Å². The molecule has 0 aliphatic carbocycles. The van der Waals surface area contributed by atoms with Gasteiger partial charge >= 0.3 is 0 Å². The minimum atomic E-state index is 0.902. The van der Waals surface area contributed by atoms with Gasteiger partial charge in [-0.05, 0) is 44.2 Å². The highest BCUT2D eigenvalue weighted by Gasteiger charge is 2.10. The third-order valence-electron chi connectivity index (χ3n) is 5.93. The van der Waals surface area contributed by atoms with E-state index in [-0.39, 0.29) is 0 Å². The van der Waals surface area contributed by atoms with Crippen molar-refractivity contribution in [2.24, 2.45) is 5.92 Å². The fraction of sp³-hybridized carbons (Fsp3) is 0.750. The van der Waals surface area contributed by atoms with Crippen LogP contribution in [0.1, 0.15) is 75.8 Å². The average molecular weight is 359 g/mol. The Morgan fingerprint density at radius 3 is 2.15 bits per heavy atom. The summed E-state index contributed by atoms with van der Waals surface area (Å²) in [6.45, 7) is 10.8. The normalized spacial score (nSPS) is 16.7. The zero-order chi connectivity index (χ0) is 18.5. The summed E-state index contributed by atoms with van der Waals surface area (Å²) in [5.41, 5.74) is 2.87. The molecule has 0 amide bonds. The molecule has 26 heavy (non-hydrogen) atoms. The Kier molecular flexibility index (Phi) is 11.0. The lowest BCUT2D eigenvalue weighted by Crippen LogP contribution is -2.44. The molecule has 0 saturated carbocycles. The molecule has 0 spiro atoms. The topological polar surface area (TPSA) is 15.3 Å². The molecule has 0 aromatic heterocycles. The highest BCUT2D eigenvalue weighted by Crippen LogP contribution is 2.16. The van der Waals surface area contributed by atoms with Crippen LogP contribution in [0.15, 0.2) is 24.3 Å². The first-order valence-electron chi connectivity index (χ1n) is 11.2. The second-order valence-corrected chi connectivity index (χ2v) is 8.48. The summed E-state index contributed by atoms with van der Waals surface area (Å²) in [5, 5.41) is 3.44. The second kappa shape index (κ2) is 13.3. The molecule has 1 fully saturated rings. The van der Waals surface area contributed by atoms with Crippen molar-refractivity contribution < 1.29 is 0 Å². The molecule has 1 heterocycles. The van der Waals surface area contributed by atoms with Crippen LogP contribution in [0.25, 0.3) is 0 Å². The summed E-state index contributed by atoms with van der Waals surface area (Å²) < 4.78 is 0. The van der Waals surface area contributed by atoms with Crippen LogP contribution in [0.4, 0.5) is 0 Å². The lowest BCUT2D eigenvalue weighted by atomic mass is 9.98. The SMILES string of the molecule is Cc1ccc(CCCCCCCCCC(C)CCN2CCNCC2)cc1. The number of piperazine rings is 1. The number of nitrogens with one attached hydrogen (secondary N) is 1. The van der Waals surface area contributed by atoms with Crippen LogP contribution in [-0.2, 0) is 6.42 Å². The molecule has 1 aromatic rings. The third kappa shape index (κ3) is 9.73. The van der Waals surface area contributed by atoms with Gasteiger partial charge in [-0.15, -0.1) is 0 Å². The lowest BCUT2D eigenvalue weighted by Gasteiger charge is -2.28. The van der Waals surface area contributed by atoms with E-state index < -0.39 is 0 Å². The standard InChI is InChI=1S/C24H42N2/c1-22(16-19-26-20-17-25-18-21-26)10-8-6-4-3-5-7-9-11-24-14-12-23(2)13-15-24/h12-15,22,25H,3-11,16-21H2,1-2H3. The summed E-state index contributed by atoms with van der Waals surface area (Å²) in [6, 6.07) is 9.05. The fourth-order valence-corrected chi connectivity index (χ4v) is 3.94. The molecule has 2 nitrogen and oxygen atoms in total. The molecular formula is C24H42N2. The molecule has 0 radical (unpaired) electrons. The molecule has 1 atom stereocenters. The van der Waals surface area contributed by atoms with Crippen molar-refractivity contribution in [3.63, 3.8) is 0 Å². The monoisotopic (exact) mass is 358 g/mol. The Bertz CT molecular complexity index is 448.